The average molecular weight is 158 g/mol. The summed E-state index contributed by atoms with van der Waals surface area (Å²) >= 11 is 0. The maximum absolute atomic E-state index is 9.00. The highest BCUT2D eigenvalue weighted by molar-refractivity contribution is 5.62. The quantitative estimate of drug-likeness (QED) is 0.593. The lowest BCUT2D eigenvalue weighted by molar-refractivity contribution is -0.134. The van der Waals surface area contributed by atoms with E-state index in [-0.39, 0.29) is 0 Å². The second kappa shape index (κ2) is 5.33. The van der Waals surface area contributed by atoms with Crippen LogP contribution in [0.2, 0.25) is 0 Å². The van der Waals surface area contributed by atoms with Gasteiger partial charge in [0.25, 0.3) is 5.97 Å². The van der Waals surface area contributed by atoms with Gasteiger partial charge in [-0.3, -0.25) is 4.79 Å². The molecule has 0 aliphatic rings. The Hall–Kier alpha value is -1.46. The summed E-state index contributed by atoms with van der Waals surface area (Å²) in [6.07, 6.45) is 0.844. The summed E-state index contributed by atoms with van der Waals surface area (Å²) in [4.78, 5) is 9.00. The number of carbonyl (C=O) groups is 1. The number of carboxylic acid groups (broad SMARTS) is 1. The molecular weight excluding hydrogens is 148 g/mol. The normalized spacial score (nSPS) is 8.18. The van der Waals surface area contributed by atoms with E-state index in [1.165, 1.54) is 0 Å². The Morgan fingerprint density at radius 2 is 2.27 bits per heavy atom. The summed E-state index contributed by atoms with van der Waals surface area (Å²) in [7, 11) is 0. The summed E-state index contributed by atoms with van der Waals surface area (Å²) in [5.41, 5.74) is 0. The number of tetrazole rings is 1. The first kappa shape index (κ1) is 9.54. The first-order valence-electron chi connectivity index (χ1n) is 3.08. The van der Waals surface area contributed by atoms with Crippen LogP contribution in [0.25, 0.3) is 0 Å². The summed E-state index contributed by atoms with van der Waals surface area (Å²) in [6, 6.07) is 0. The molecule has 0 amide bonds. The van der Waals surface area contributed by atoms with Crippen molar-refractivity contribution in [3.8, 4) is 0 Å². The molecule has 62 valence electrons. The SMILES string of the molecule is CC(=O)O.CCc1nn[nH]n1. The number of carboxylic acids is 1. The molecule has 0 spiro atoms. The van der Waals surface area contributed by atoms with Gasteiger partial charge in [-0.25, -0.2) is 0 Å². The van der Waals surface area contributed by atoms with Gasteiger partial charge in [-0.2, -0.15) is 5.21 Å². The fraction of sp³-hybridized carbons (Fsp3) is 0.600. The molecule has 6 heteroatoms. The van der Waals surface area contributed by atoms with Crippen LogP contribution in [-0.2, 0) is 11.2 Å². The number of aryl methyl sites for hydroxylation is 1. The third kappa shape index (κ3) is 6.42. The fourth-order valence-electron chi connectivity index (χ4n) is 0.332. The monoisotopic (exact) mass is 158 g/mol. The zero-order valence-corrected chi connectivity index (χ0v) is 6.40. The van der Waals surface area contributed by atoms with E-state index in [0.717, 1.165) is 19.2 Å². The van der Waals surface area contributed by atoms with Crippen LogP contribution in [0.5, 0.6) is 0 Å². The number of nitrogens with zero attached hydrogens (tertiary/aromatic N) is 3. The van der Waals surface area contributed by atoms with Crippen molar-refractivity contribution >= 4 is 5.97 Å². The van der Waals surface area contributed by atoms with Crippen molar-refractivity contribution < 1.29 is 9.90 Å². The summed E-state index contributed by atoms with van der Waals surface area (Å²) in [5, 5.41) is 20.5. The van der Waals surface area contributed by atoms with E-state index in [1.54, 1.807) is 0 Å². The number of nitrogens with one attached hydrogen (secondary N) is 1. The maximum Gasteiger partial charge on any atom is 0.300 e. The van der Waals surface area contributed by atoms with Crippen molar-refractivity contribution in [1.82, 2.24) is 20.6 Å². The molecule has 2 N–H and O–H groups in total. The van der Waals surface area contributed by atoms with Crippen LogP contribution >= 0.6 is 0 Å². The van der Waals surface area contributed by atoms with Gasteiger partial charge in [0.05, 0.1) is 0 Å². The van der Waals surface area contributed by atoms with Gasteiger partial charge in [-0.15, -0.1) is 10.2 Å². The molecule has 1 heterocycles. The van der Waals surface area contributed by atoms with Crippen molar-refractivity contribution in [2.75, 3.05) is 0 Å². The number of hydrogen-bond acceptors (Lipinski definition) is 4. The second-order valence-electron chi connectivity index (χ2n) is 1.70. The molecule has 0 aromatic carbocycles. The smallest absolute Gasteiger partial charge is 0.300 e. The minimum absolute atomic E-state index is 0.764. The molecule has 0 aliphatic carbocycles. The zero-order chi connectivity index (χ0) is 8.69. The van der Waals surface area contributed by atoms with Gasteiger partial charge in [0.15, 0.2) is 5.82 Å². The Morgan fingerprint density at radius 3 is 2.45 bits per heavy atom. The van der Waals surface area contributed by atoms with Crippen LogP contribution in [0.1, 0.15) is 19.7 Å². The Balaban J connectivity index is 0.000000218. The van der Waals surface area contributed by atoms with Gasteiger partial charge in [-0.05, 0) is 0 Å². The van der Waals surface area contributed by atoms with E-state index < -0.39 is 5.97 Å². The van der Waals surface area contributed by atoms with Crippen LogP contribution in [0.15, 0.2) is 0 Å². The molecule has 0 saturated carbocycles. The Bertz CT molecular complexity index is 192. The fourth-order valence-corrected chi connectivity index (χ4v) is 0.332. The molecular formula is C5H10N4O2. The summed E-state index contributed by atoms with van der Waals surface area (Å²) in [5.74, 6) is -0.0694. The van der Waals surface area contributed by atoms with Crippen molar-refractivity contribution in [3.05, 3.63) is 5.82 Å². The average Bonchev–Trinajstić information content (AvgIpc) is 2.36. The molecule has 0 fully saturated rings. The minimum atomic E-state index is -0.833. The van der Waals surface area contributed by atoms with Gasteiger partial charge in [0.2, 0.25) is 0 Å². The molecule has 0 saturated heterocycles. The highest BCUT2D eigenvalue weighted by Crippen LogP contribution is 1.79. The van der Waals surface area contributed by atoms with E-state index in [2.05, 4.69) is 20.6 Å². The Morgan fingerprint density at radius 1 is 1.73 bits per heavy atom. The Kier molecular flexibility index (Phi) is 4.63. The lowest BCUT2D eigenvalue weighted by Crippen LogP contribution is -1.80. The van der Waals surface area contributed by atoms with Crippen LogP contribution < -0.4 is 0 Å². The lowest BCUT2D eigenvalue weighted by Gasteiger charge is -1.72. The highest BCUT2D eigenvalue weighted by atomic mass is 16.4. The largest absolute Gasteiger partial charge is 0.481 e. The zero-order valence-electron chi connectivity index (χ0n) is 6.40. The number of aromatic nitrogens is 4. The van der Waals surface area contributed by atoms with Crippen LogP contribution in [0.4, 0.5) is 0 Å². The van der Waals surface area contributed by atoms with E-state index >= 15 is 0 Å². The third-order valence-corrected chi connectivity index (χ3v) is 0.705. The molecule has 11 heavy (non-hydrogen) atoms. The van der Waals surface area contributed by atoms with Gasteiger partial charge < -0.3 is 5.11 Å². The summed E-state index contributed by atoms with van der Waals surface area (Å²) in [6.45, 7) is 3.06. The second-order valence-corrected chi connectivity index (χ2v) is 1.70. The first-order chi connectivity index (χ1) is 5.16. The van der Waals surface area contributed by atoms with Gasteiger partial charge >= 0.3 is 0 Å². The standard InChI is InChI=1S/C3H6N4.C2H4O2/c1-2-3-4-6-7-5-3;1-2(3)4/h2H2,1H3,(H,4,5,6,7);1H3,(H,3,4). The van der Waals surface area contributed by atoms with Crippen molar-refractivity contribution in [2.45, 2.75) is 20.3 Å². The number of aliphatic carboxylic acids is 1. The van der Waals surface area contributed by atoms with Crippen LogP contribution in [0, 0.1) is 0 Å². The van der Waals surface area contributed by atoms with E-state index in [0.29, 0.717) is 0 Å². The molecule has 0 atom stereocenters. The molecule has 6 nitrogen and oxygen atoms in total. The van der Waals surface area contributed by atoms with E-state index in [9.17, 15) is 0 Å². The van der Waals surface area contributed by atoms with Crippen LogP contribution in [0.3, 0.4) is 0 Å². The Labute approximate surface area is 63.6 Å². The van der Waals surface area contributed by atoms with Crippen molar-refractivity contribution in [2.24, 2.45) is 0 Å². The van der Waals surface area contributed by atoms with Gasteiger partial charge in [0.1, 0.15) is 0 Å². The number of H-pyrrole nitrogens is 1. The van der Waals surface area contributed by atoms with Crippen molar-refractivity contribution in [1.29, 1.82) is 0 Å². The molecule has 0 radical (unpaired) electrons. The summed E-state index contributed by atoms with van der Waals surface area (Å²) < 4.78 is 0. The van der Waals surface area contributed by atoms with E-state index in [4.69, 9.17) is 9.90 Å². The molecule has 0 bridgehead atoms. The maximum atomic E-state index is 9.00. The van der Waals surface area contributed by atoms with Crippen LogP contribution in [-0.4, -0.2) is 31.7 Å². The topological polar surface area (TPSA) is 91.8 Å². The molecule has 1 aromatic rings. The molecule has 1 rings (SSSR count). The van der Waals surface area contributed by atoms with Gasteiger partial charge in [0, 0.05) is 13.3 Å². The predicted octanol–water partition coefficient (Wildman–Crippen LogP) is -0.147. The molecule has 1 aromatic heterocycles. The predicted molar refractivity (Wildman–Crippen MR) is 36.9 cm³/mol. The van der Waals surface area contributed by atoms with Gasteiger partial charge in [-0.1, -0.05) is 12.1 Å². The number of rotatable bonds is 1. The van der Waals surface area contributed by atoms with E-state index in [1.807, 2.05) is 6.92 Å². The molecule has 0 aliphatic heterocycles. The third-order valence-electron chi connectivity index (χ3n) is 0.705. The lowest BCUT2D eigenvalue weighted by atomic mass is 10.5. The van der Waals surface area contributed by atoms with Crippen molar-refractivity contribution in [3.63, 3.8) is 0 Å². The number of aromatic amines is 1. The first-order valence-corrected chi connectivity index (χ1v) is 3.08. The molecule has 0 unspecified atom stereocenters. The number of hydrogen-bond donors (Lipinski definition) is 2. The minimum Gasteiger partial charge on any atom is -0.481 e. The highest BCUT2D eigenvalue weighted by Gasteiger charge is 1.87.